The Morgan fingerprint density at radius 3 is 2.59 bits per heavy atom. The molecule has 0 unspecified atom stereocenters. The van der Waals surface area contributed by atoms with Gasteiger partial charge in [0.1, 0.15) is 6.26 Å². The van der Waals surface area contributed by atoms with E-state index in [9.17, 15) is 18.0 Å². The number of nitrogens with one attached hydrogen (secondary N) is 1. The van der Waals surface area contributed by atoms with Gasteiger partial charge in [-0.25, -0.2) is 4.98 Å². The minimum atomic E-state index is -4.53. The number of hydrogen-bond donors (Lipinski definition) is 1. The molecule has 9 heteroatoms. The average molecular weight is 438 g/mol. The molecule has 1 N–H and O–H groups in total. The van der Waals surface area contributed by atoms with Crippen molar-refractivity contribution in [2.45, 2.75) is 13.1 Å². The number of benzene rings is 2. The fourth-order valence-corrected chi connectivity index (χ4v) is 3.13. The highest BCUT2D eigenvalue weighted by Crippen LogP contribution is 2.36. The number of anilines is 4. The molecule has 0 radical (unpaired) electrons. The lowest BCUT2D eigenvalue weighted by Crippen LogP contribution is -2.15. The molecule has 1 amide bonds. The molecule has 0 aliphatic rings. The number of pyridine rings is 1. The zero-order valence-electron chi connectivity index (χ0n) is 16.8. The Morgan fingerprint density at radius 1 is 1.06 bits per heavy atom. The number of carbonyl (C=O) groups is 1. The maximum atomic E-state index is 13.0. The number of carbonyl (C=O) groups excluding carboxylic acids is 1. The Labute approximate surface area is 181 Å². The summed E-state index contributed by atoms with van der Waals surface area (Å²) < 4.78 is 44.4. The predicted octanol–water partition coefficient (Wildman–Crippen LogP) is 6.12. The molecule has 0 aliphatic heterocycles. The van der Waals surface area contributed by atoms with Gasteiger partial charge >= 0.3 is 12.2 Å². The fourth-order valence-electron chi connectivity index (χ4n) is 3.13. The van der Waals surface area contributed by atoms with Crippen molar-refractivity contribution in [3.8, 4) is 0 Å². The van der Waals surface area contributed by atoms with E-state index in [4.69, 9.17) is 4.42 Å². The molecule has 0 atom stereocenters. The standard InChI is InChI=1S/C23H17F3N4O2/c1-15-7-8-18(29-21(31)16-4-2-5-17(12-16)23(24,25)26)13-20(15)30(22-28-10-11-32-22)19-6-3-9-27-14-19/h2-14H,1H3,(H,29,31). The van der Waals surface area contributed by atoms with Crippen LogP contribution in [-0.4, -0.2) is 15.9 Å². The van der Waals surface area contributed by atoms with Crippen LogP contribution >= 0.6 is 0 Å². The molecular formula is C23H17F3N4O2. The lowest BCUT2D eigenvalue weighted by atomic mass is 10.1. The lowest BCUT2D eigenvalue weighted by molar-refractivity contribution is -0.137. The molecule has 4 aromatic rings. The lowest BCUT2D eigenvalue weighted by Gasteiger charge is -2.23. The monoisotopic (exact) mass is 438 g/mol. The highest BCUT2D eigenvalue weighted by atomic mass is 19.4. The van der Waals surface area contributed by atoms with Crippen LogP contribution in [0.25, 0.3) is 0 Å². The van der Waals surface area contributed by atoms with Crippen molar-refractivity contribution >= 4 is 29.0 Å². The van der Waals surface area contributed by atoms with Crippen LogP contribution in [0, 0.1) is 6.92 Å². The number of halogens is 3. The van der Waals surface area contributed by atoms with Gasteiger partial charge in [-0.15, -0.1) is 0 Å². The minimum absolute atomic E-state index is 0.0984. The quantitative estimate of drug-likeness (QED) is 0.407. The molecule has 2 aromatic carbocycles. The first-order valence-electron chi connectivity index (χ1n) is 9.52. The van der Waals surface area contributed by atoms with Crippen LogP contribution in [0.3, 0.4) is 0 Å². The van der Waals surface area contributed by atoms with E-state index in [2.05, 4.69) is 15.3 Å². The van der Waals surface area contributed by atoms with Gasteiger partial charge in [0.05, 0.1) is 29.3 Å². The first kappa shape index (κ1) is 21.1. The molecule has 0 saturated carbocycles. The maximum Gasteiger partial charge on any atom is 0.416 e. The topological polar surface area (TPSA) is 71.3 Å². The normalized spacial score (nSPS) is 11.2. The zero-order valence-corrected chi connectivity index (χ0v) is 16.8. The van der Waals surface area contributed by atoms with Crippen LogP contribution in [-0.2, 0) is 6.18 Å². The molecule has 2 aromatic heterocycles. The van der Waals surface area contributed by atoms with Gasteiger partial charge in [0, 0.05) is 17.4 Å². The molecule has 0 fully saturated rings. The summed E-state index contributed by atoms with van der Waals surface area (Å²) in [4.78, 5) is 22.7. The van der Waals surface area contributed by atoms with Gasteiger partial charge in [0.2, 0.25) is 0 Å². The number of aromatic nitrogens is 2. The number of hydrogen-bond acceptors (Lipinski definition) is 5. The van der Waals surface area contributed by atoms with E-state index in [1.165, 1.54) is 24.6 Å². The second kappa shape index (κ2) is 8.54. The minimum Gasteiger partial charge on any atom is -0.432 e. The Kier molecular flexibility index (Phi) is 5.63. The third-order valence-electron chi connectivity index (χ3n) is 4.67. The van der Waals surface area contributed by atoms with E-state index in [1.807, 2.05) is 13.0 Å². The van der Waals surface area contributed by atoms with Crippen LogP contribution < -0.4 is 10.2 Å². The molecule has 162 valence electrons. The Hall–Kier alpha value is -4.14. The predicted molar refractivity (Wildman–Crippen MR) is 113 cm³/mol. The van der Waals surface area contributed by atoms with Crippen molar-refractivity contribution in [3.63, 3.8) is 0 Å². The van der Waals surface area contributed by atoms with Gasteiger partial charge in [-0.2, -0.15) is 13.2 Å². The van der Waals surface area contributed by atoms with Gasteiger partial charge in [-0.3, -0.25) is 14.7 Å². The molecule has 32 heavy (non-hydrogen) atoms. The first-order chi connectivity index (χ1) is 15.3. The smallest absolute Gasteiger partial charge is 0.416 e. The third kappa shape index (κ3) is 4.46. The molecule has 0 aliphatic carbocycles. The van der Waals surface area contributed by atoms with Gasteiger partial charge in [-0.1, -0.05) is 12.1 Å². The summed E-state index contributed by atoms with van der Waals surface area (Å²) in [5.41, 5.74) is 1.60. The summed E-state index contributed by atoms with van der Waals surface area (Å²) >= 11 is 0. The molecule has 0 saturated heterocycles. The van der Waals surface area contributed by atoms with Gasteiger partial charge < -0.3 is 9.73 Å². The van der Waals surface area contributed by atoms with Crippen LogP contribution in [0.4, 0.5) is 36.2 Å². The largest absolute Gasteiger partial charge is 0.432 e. The van der Waals surface area contributed by atoms with E-state index >= 15 is 0 Å². The fraction of sp³-hybridized carbons (Fsp3) is 0.0870. The zero-order chi connectivity index (χ0) is 22.7. The molecule has 4 rings (SSSR count). The van der Waals surface area contributed by atoms with Crippen LogP contribution in [0.15, 0.2) is 83.9 Å². The van der Waals surface area contributed by atoms with Crippen molar-refractivity contribution in [2.75, 3.05) is 10.2 Å². The molecule has 0 bridgehead atoms. The highest BCUT2D eigenvalue weighted by molar-refractivity contribution is 6.04. The Morgan fingerprint density at radius 2 is 1.91 bits per heavy atom. The summed E-state index contributed by atoms with van der Waals surface area (Å²) in [6, 6.07) is 13.3. The third-order valence-corrected chi connectivity index (χ3v) is 4.67. The van der Waals surface area contributed by atoms with Crippen LogP contribution in [0.1, 0.15) is 21.5 Å². The number of oxazole rings is 1. The Bertz CT molecular complexity index is 1230. The van der Waals surface area contributed by atoms with Gasteiger partial charge in [-0.05, 0) is 55.0 Å². The van der Waals surface area contributed by atoms with E-state index in [1.54, 1.807) is 41.6 Å². The number of aryl methyl sites for hydroxylation is 1. The van der Waals surface area contributed by atoms with Crippen molar-refractivity contribution < 1.29 is 22.4 Å². The summed E-state index contributed by atoms with van der Waals surface area (Å²) in [5.74, 6) is -0.657. The van der Waals surface area contributed by atoms with Gasteiger partial charge in [0.25, 0.3) is 5.91 Å². The number of amides is 1. The maximum absolute atomic E-state index is 13.0. The summed E-state index contributed by atoms with van der Waals surface area (Å²) in [6.07, 6.45) is 1.68. The summed E-state index contributed by atoms with van der Waals surface area (Å²) in [7, 11) is 0. The van der Waals surface area contributed by atoms with E-state index in [0.29, 0.717) is 23.1 Å². The second-order valence-electron chi connectivity index (χ2n) is 6.90. The first-order valence-corrected chi connectivity index (χ1v) is 9.52. The summed E-state index contributed by atoms with van der Waals surface area (Å²) in [5, 5.41) is 2.66. The average Bonchev–Trinajstić information content (AvgIpc) is 3.31. The molecule has 2 heterocycles. The second-order valence-corrected chi connectivity index (χ2v) is 6.90. The van der Waals surface area contributed by atoms with Crippen LogP contribution in [0.5, 0.6) is 0 Å². The highest BCUT2D eigenvalue weighted by Gasteiger charge is 2.31. The van der Waals surface area contributed by atoms with Gasteiger partial charge in [0.15, 0.2) is 0 Å². The number of rotatable bonds is 5. The van der Waals surface area contributed by atoms with Crippen molar-refractivity contribution in [2.24, 2.45) is 0 Å². The molecular weight excluding hydrogens is 421 g/mol. The van der Waals surface area contributed by atoms with E-state index in [0.717, 1.165) is 17.7 Å². The van der Waals surface area contributed by atoms with Crippen molar-refractivity contribution in [1.29, 1.82) is 0 Å². The summed E-state index contributed by atoms with van der Waals surface area (Å²) in [6.45, 7) is 1.88. The van der Waals surface area contributed by atoms with E-state index < -0.39 is 17.6 Å². The molecule has 6 nitrogen and oxygen atoms in total. The number of alkyl halides is 3. The molecule has 0 spiro atoms. The van der Waals surface area contributed by atoms with Crippen molar-refractivity contribution in [3.05, 3.63) is 96.1 Å². The van der Waals surface area contributed by atoms with E-state index in [-0.39, 0.29) is 5.56 Å². The Balaban J connectivity index is 1.68. The number of nitrogens with zero attached hydrogens (tertiary/aromatic N) is 3. The van der Waals surface area contributed by atoms with Crippen molar-refractivity contribution in [1.82, 2.24) is 9.97 Å². The van der Waals surface area contributed by atoms with Crippen LogP contribution in [0.2, 0.25) is 0 Å². The SMILES string of the molecule is Cc1ccc(NC(=O)c2cccc(C(F)(F)F)c2)cc1N(c1cccnc1)c1ncco1.